The lowest BCUT2D eigenvalue weighted by molar-refractivity contribution is 0.102. The zero-order chi connectivity index (χ0) is 24.2. The predicted octanol–water partition coefficient (Wildman–Crippen LogP) is 4.88. The van der Waals surface area contributed by atoms with Crippen molar-refractivity contribution >= 4 is 28.6 Å². The first-order valence-electron chi connectivity index (χ1n) is 11.5. The van der Waals surface area contributed by atoms with Gasteiger partial charge < -0.3 is 20.7 Å². The summed E-state index contributed by atoms with van der Waals surface area (Å²) in [6, 6.07) is 15.5. The number of nitrogens with one attached hydrogen (secondary N) is 1. The molecule has 9 heteroatoms. The Labute approximate surface area is 207 Å². The van der Waals surface area contributed by atoms with E-state index in [0.717, 1.165) is 52.7 Å². The number of hydrogen-bond acceptors (Lipinski definition) is 8. The molecule has 3 N–H and O–H groups in total. The van der Waals surface area contributed by atoms with Gasteiger partial charge in [0, 0.05) is 35.6 Å². The van der Waals surface area contributed by atoms with Crippen LogP contribution in [0.15, 0.2) is 66.3 Å². The number of rotatable bonds is 7. The van der Waals surface area contributed by atoms with Gasteiger partial charge >= 0.3 is 0 Å². The van der Waals surface area contributed by atoms with Crippen molar-refractivity contribution in [2.24, 2.45) is 5.73 Å². The lowest BCUT2D eigenvalue weighted by Gasteiger charge is -2.30. The maximum Gasteiger partial charge on any atom is 0.275 e. The number of carbonyl (C=O) groups is 1. The molecule has 1 saturated heterocycles. The second-order valence-corrected chi connectivity index (χ2v) is 9.21. The average molecular weight is 487 g/mol. The number of aromatic nitrogens is 3. The van der Waals surface area contributed by atoms with Gasteiger partial charge in [0.1, 0.15) is 22.2 Å². The van der Waals surface area contributed by atoms with Gasteiger partial charge in [0.2, 0.25) is 0 Å². The number of nitrogens with two attached hydrogens (primary N) is 1. The molecule has 2 aromatic heterocycles. The van der Waals surface area contributed by atoms with E-state index in [1.165, 1.54) is 11.3 Å². The van der Waals surface area contributed by atoms with Crippen molar-refractivity contribution in [3.05, 3.63) is 77.6 Å². The number of thiazole rings is 1. The van der Waals surface area contributed by atoms with Crippen molar-refractivity contribution in [2.45, 2.75) is 25.8 Å². The molecule has 2 aromatic carbocycles. The first-order valence-corrected chi connectivity index (χ1v) is 12.4. The van der Waals surface area contributed by atoms with Crippen LogP contribution < -0.4 is 20.7 Å². The van der Waals surface area contributed by atoms with E-state index >= 15 is 0 Å². The summed E-state index contributed by atoms with van der Waals surface area (Å²) >= 11 is 1.40. The average Bonchev–Trinajstić information content (AvgIpc) is 3.57. The summed E-state index contributed by atoms with van der Waals surface area (Å²) in [5.74, 6) is 1.24. The molecule has 1 aliphatic rings. The van der Waals surface area contributed by atoms with Gasteiger partial charge in [-0.05, 0) is 50.1 Å². The van der Waals surface area contributed by atoms with Gasteiger partial charge in [0.05, 0.1) is 23.8 Å². The number of amides is 1. The normalized spacial score (nSPS) is 15.3. The smallest absolute Gasteiger partial charge is 0.275 e. The van der Waals surface area contributed by atoms with E-state index in [9.17, 15) is 4.79 Å². The van der Waals surface area contributed by atoms with Gasteiger partial charge in [-0.25, -0.2) is 4.98 Å². The van der Waals surface area contributed by atoms with Crippen LogP contribution in [0, 0.1) is 6.92 Å². The molecule has 0 unspecified atom stereocenters. The molecule has 4 aromatic rings. The van der Waals surface area contributed by atoms with E-state index in [-0.39, 0.29) is 11.9 Å². The fourth-order valence-corrected chi connectivity index (χ4v) is 5.16. The summed E-state index contributed by atoms with van der Waals surface area (Å²) in [5.41, 5.74) is 9.88. The fourth-order valence-electron chi connectivity index (χ4n) is 4.37. The third-order valence-electron chi connectivity index (χ3n) is 6.10. The molecule has 35 heavy (non-hydrogen) atoms. The largest absolute Gasteiger partial charge is 0.457 e. The minimum Gasteiger partial charge on any atom is -0.457 e. The van der Waals surface area contributed by atoms with Crippen LogP contribution in [0.3, 0.4) is 0 Å². The Hall–Kier alpha value is -3.82. The molecule has 178 valence electrons. The number of hydrogen-bond donors (Lipinski definition) is 2. The molecule has 1 aliphatic heterocycles. The zero-order valence-electron chi connectivity index (χ0n) is 19.3. The molecular weight excluding hydrogens is 460 g/mol. The van der Waals surface area contributed by atoms with Crippen molar-refractivity contribution < 1.29 is 9.53 Å². The molecule has 5 rings (SSSR count). The van der Waals surface area contributed by atoms with Crippen LogP contribution in [0.5, 0.6) is 11.5 Å². The van der Waals surface area contributed by atoms with Gasteiger partial charge in [0.25, 0.3) is 5.91 Å². The minimum atomic E-state index is -0.268. The molecular formula is C26H26N6O2S. The lowest BCUT2D eigenvalue weighted by atomic mass is 10.1. The number of benzene rings is 2. The summed E-state index contributed by atoms with van der Waals surface area (Å²) in [5, 5.41) is 13.2. The van der Waals surface area contributed by atoms with E-state index in [0.29, 0.717) is 17.9 Å². The number of anilines is 2. The highest BCUT2D eigenvalue weighted by Gasteiger charge is 2.29. The van der Waals surface area contributed by atoms with E-state index in [1.807, 2.05) is 55.5 Å². The second-order valence-electron chi connectivity index (χ2n) is 8.35. The Morgan fingerprint density at radius 2 is 2.06 bits per heavy atom. The van der Waals surface area contributed by atoms with E-state index in [1.54, 1.807) is 17.8 Å². The number of para-hydroxylation sites is 1. The summed E-state index contributed by atoms with van der Waals surface area (Å²) in [6.07, 6.45) is 5.30. The van der Waals surface area contributed by atoms with Crippen molar-refractivity contribution in [3.63, 3.8) is 0 Å². The van der Waals surface area contributed by atoms with Crippen LogP contribution in [-0.4, -0.2) is 40.2 Å². The fraction of sp³-hybridized carbons (Fsp3) is 0.231. The van der Waals surface area contributed by atoms with Gasteiger partial charge in [-0.15, -0.1) is 11.3 Å². The molecule has 1 amide bonds. The predicted molar refractivity (Wildman–Crippen MR) is 138 cm³/mol. The maximum absolute atomic E-state index is 13.2. The van der Waals surface area contributed by atoms with Crippen LogP contribution in [0.1, 0.15) is 28.9 Å². The minimum absolute atomic E-state index is 0.210. The third kappa shape index (κ3) is 4.87. The molecule has 3 heterocycles. The van der Waals surface area contributed by atoms with E-state index in [4.69, 9.17) is 10.5 Å². The highest BCUT2D eigenvalue weighted by atomic mass is 32.1. The van der Waals surface area contributed by atoms with E-state index in [2.05, 4.69) is 25.4 Å². The third-order valence-corrected chi connectivity index (χ3v) is 7.00. The quantitative estimate of drug-likeness (QED) is 0.383. The molecule has 0 saturated carbocycles. The Bertz CT molecular complexity index is 1310. The van der Waals surface area contributed by atoms with Gasteiger partial charge in [0.15, 0.2) is 0 Å². The molecule has 0 spiro atoms. The highest BCUT2D eigenvalue weighted by Crippen LogP contribution is 2.41. The summed E-state index contributed by atoms with van der Waals surface area (Å²) in [7, 11) is 0. The molecule has 1 fully saturated rings. The SMILES string of the molecule is Cc1c(Oc2ccccc2)ccc(NC(=O)c2csc(-c3ccnnc3)n2)c1N1CCC[C@@H]1CN. The van der Waals surface area contributed by atoms with Crippen molar-refractivity contribution in [3.8, 4) is 22.1 Å². The molecule has 0 radical (unpaired) electrons. The van der Waals surface area contributed by atoms with E-state index < -0.39 is 0 Å². The lowest BCUT2D eigenvalue weighted by Crippen LogP contribution is -2.36. The molecule has 8 nitrogen and oxygen atoms in total. The standard InChI is InChI=1S/C26H26N6O2S/c1-17-23(34-20-7-3-2-4-8-20)10-9-21(24(17)32-13-5-6-19(32)14-27)30-25(33)22-16-35-26(31-22)18-11-12-28-29-15-18/h2-4,7-12,15-16,19H,5-6,13-14,27H2,1H3,(H,30,33)/t19-/m1/s1. The highest BCUT2D eigenvalue weighted by molar-refractivity contribution is 7.13. The van der Waals surface area contributed by atoms with Crippen molar-refractivity contribution in [1.82, 2.24) is 15.2 Å². The van der Waals surface area contributed by atoms with Crippen LogP contribution in [-0.2, 0) is 0 Å². The first-order chi connectivity index (χ1) is 17.1. The first kappa shape index (κ1) is 22.9. The van der Waals surface area contributed by atoms with Gasteiger partial charge in [-0.2, -0.15) is 10.2 Å². The summed E-state index contributed by atoms with van der Waals surface area (Å²) in [4.78, 5) is 20.0. The van der Waals surface area contributed by atoms with Crippen LogP contribution in [0.25, 0.3) is 10.6 Å². The monoisotopic (exact) mass is 486 g/mol. The Balaban J connectivity index is 1.46. The molecule has 0 aliphatic carbocycles. The van der Waals surface area contributed by atoms with Crippen molar-refractivity contribution in [1.29, 1.82) is 0 Å². The number of carbonyl (C=O) groups excluding carboxylic acids is 1. The Kier molecular flexibility index (Phi) is 6.69. The number of ether oxygens (including phenoxy) is 1. The Morgan fingerprint density at radius 3 is 2.83 bits per heavy atom. The summed E-state index contributed by atoms with van der Waals surface area (Å²) < 4.78 is 6.18. The topological polar surface area (TPSA) is 106 Å². The van der Waals surface area contributed by atoms with Crippen molar-refractivity contribution in [2.75, 3.05) is 23.3 Å². The van der Waals surface area contributed by atoms with Gasteiger partial charge in [-0.1, -0.05) is 18.2 Å². The Morgan fingerprint density at radius 1 is 1.20 bits per heavy atom. The summed E-state index contributed by atoms with van der Waals surface area (Å²) in [6.45, 7) is 3.44. The van der Waals surface area contributed by atoms with Crippen LogP contribution >= 0.6 is 11.3 Å². The molecule has 1 atom stereocenters. The van der Waals surface area contributed by atoms with Crippen LogP contribution in [0.2, 0.25) is 0 Å². The zero-order valence-corrected chi connectivity index (χ0v) is 20.2. The number of nitrogens with zero attached hydrogens (tertiary/aromatic N) is 4. The second kappa shape index (κ2) is 10.2. The van der Waals surface area contributed by atoms with Crippen LogP contribution in [0.4, 0.5) is 11.4 Å². The molecule has 0 bridgehead atoms. The van der Waals surface area contributed by atoms with Gasteiger partial charge in [-0.3, -0.25) is 4.79 Å². The maximum atomic E-state index is 13.2.